The van der Waals surface area contributed by atoms with Crippen LogP contribution in [0, 0.1) is 5.82 Å². The van der Waals surface area contributed by atoms with Crippen molar-refractivity contribution in [3.05, 3.63) is 72.1 Å². The lowest BCUT2D eigenvalue weighted by atomic mass is 10.1. The fourth-order valence-corrected chi connectivity index (χ4v) is 3.17. The minimum Gasteiger partial charge on any atom is -0.484 e. The van der Waals surface area contributed by atoms with E-state index in [4.69, 9.17) is 4.74 Å². The molecule has 0 fully saturated rings. The molecular formula is C19H14FN3O2S. The predicted molar refractivity (Wildman–Crippen MR) is 99.0 cm³/mol. The number of ether oxygens (including phenoxy) is 1. The molecule has 0 unspecified atom stereocenters. The molecule has 0 saturated heterocycles. The summed E-state index contributed by atoms with van der Waals surface area (Å²) in [6.07, 6.45) is 3.93. The van der Waals surface area contributed by atoms with Crippen molar-refractivity contribution in [3.63, 3.8) is 0 Å². The van der Waals surface area contributed by atoms with E-state index in [0.717, 1.165) is 16.2 Å². The molecule has 2 heterocycles. The zero-order valence-electron chi connectivity index (χ0n) is 13.6. The van der Waals surface area contributed by atoms with Gasteiger partial charge in [-0.2, -0.15) is 0 Å². The number of halogens is 1. The van der Waals surface area contributed by atoms with Crippen molar-refractivity contribution >= 4 is 27.9 Å². The summed E-state index contributed by atoms with van der Waals surface area (Å²) in [5, 5.41) is 4.75. The molecule has 4 rings (SSSR count). The molecule has 5 nitrogen and oxygen atoms in total. The zero-order valence-corrected chi connectivity index (χ0v) is 14.4. The van der Waals surface area contributed by atoms with Crippen molar-refractivity contribution in [1.82, 2.24) is 9.38 Å². The number of nitrogens with zero attached hydrogens (tertiary/aromatic N) is 2. The minimum atomic E-state index is -0.348. The second-order valence-corrected chi connectivity index (χ2v) is 6.46. The van der Waals surface area contributed by atoms with E-state index in [0.29, 0.717) is 11.4 Å². The number of benzene rings is 2. The van der Waals surface area contributed by atoms with E-state index in [9.17, 15) is 9.18 Å². The van der Waals surface area contributed by atoms with Crippen LogP contribution in [0.25, 0.3) is 16.2 Å². The van der Waals surface area contributed by atoms with Gasteiger partial charge >= 0.3 is 0 Å². The molecule has 0 aliphatic rings. The summed E-state index contributed by atoms with van der Waals surface area (Å²) in [5.41, 5.74) is 2.53. The maximum atomic E-state index is 12.8. The van der Waals surface area contributed by atoms with Gasteiger partial charge in [0.25, 0.3) is 5.91 Å². The summed E-state index contributed by atoms with van der Waals surface area (Å²) >= 11 is 1.58. The summed E-state index contributed by atoms with van der Waals surface area (Å²) in [5.74, 6) is -0.194. The summed E-state index contributed by atoms with van der Waals surface area (Å²) in [6, 6.07) is 13.0. The minimum absolute atomic E-state index is 0.148. The molecule has 2 aromatic heterocycles. The Hall–Kier alpha value is -3.19. The van der Waals surface area contributed by atoms with E-state index in [1.165, 1.54) is 24.3 Å². The van der Waals surface area contributed by atoms with Crippen molar-refractivity contribution in [3.8, 4) is 17.0 Å². The first-order valence-electron chi connectivity index (χ1n) is 7.88. The molecule has 0 radical (unpaired) electrons. The van der Waals surface area contributed by atoms with Gasteiger partial charge in [-0.05, 0) is 36.4 Å². The number of thiazole rings is 1. The van der Waals surface area contributed by atoms with Crippen LogP contribution < -0.4 is 10.1 Å². The summed E-state index contributed by atoms with van der Waals surface area (Å²) in [6.45, 7) is -0.148. The molecular weight excluding hydrogens is 353 g/mol. The molecule has 26 heavy (non-hydrogen) atoms. The third-order valence-corrected chi connectivity index (χ3v) is 4.51. The monoisotopic (exact) mass is 367 g/mol. The quantitative estimate of drug-likeness (QED) is 0.575. The summed E-state index contributed by atoms with van der Waals surface area (Å²) in [4.78, 5) is 17.5. The van der Waals surface area contributed by atoms with E-state index in [1.54, 1.807) is 11.3 Å². The number of aromatic nitrogens is 2. The molecule has 2 aromatic carbocycles. The number of rotatable bonds is 5. The Kier molecular flexibility index (Phi) is 4.37. The average Bonchev–Trinajstić information content (AvgIpc) is 3.24. The number of hydrogen-bond acceptors (Lipinski definition) is 4. The maximum absolute atomic E-state index is 12.8. The number of nitrogens with one attached hydrogen (secondary N) is 1. The third kappa shape index (κ3) is 3.57. The van der Waals surface area contributed by atoms with Crippen LogP contribution in [0.5, 0.6) is 5.75 Å². The number of imidazole rings is 1. The summed E-state index contributed by atoms with van der Waals surface area (Å²) in [7, 11) is 0. The Bertz CT molecular complexity index is 1010. The molecule has 0 bridgehead atoms. The van der Waals surface area contributed by atoms with E-state index in [-0.39, 0.29) is 18.3 Å². The smallest absolute Gasteiger partial charge is 0.262 e. The van der Waals surface area contributed by atoms with Gasteiger partial charge in [0.2, 0.25) is 0 Å². The van der Waals surface area contributed by atoms with Crippen LogP contribution in [-0.2, 0) is 4.79 Å². The van der Waals surface area contributed by atoms with Crippen LogP contribution in [0.2, 0.25) is 0 Å². The number of anilines is 1. The Labute approximate surface area is 152 Å². The van der Waals surface area contributed by atoms with Crippen molar-refractivity contribution < 1.29 is 13.9 Å². The van der Waals surface area contributed by atoms with Crippen molar-refractivity contribution in [1.29, 1.82) is 0 Å². The van der Waals surface area contributed by atoms with Gasteiger partial charge in [0.05, 0.1) is 5.69 Å². The Morgan fingerprint density at radius 3 is 2.65 bits per heavy atom. The van der Waals surface area contributed by atoms with Crippen LogP contribution in [0.1, 0.15) is 0 Å². The first-order valence-corrected chi connectivity index (χ1v) is 8.76. The fourth-order valence-electron chi connectivity index (χ4n) is 2.47. The molecule has 0 atom stereocenters. The first kappa shape index (κ1) is 16.3. The molecule has 0 aliphatic heterocycles. The highest BCUT2D eigenvalue weighted by molar-refractivity contribution is 7.15. The number of hydrogen-bond donors (Lipinski definition) is 1. The average molecular weight is 367 g/mol. The van der Waals surface area contributed by atoms with Gasteiger partial charge in [-0.25, -0.2) is 9.37 Å². The molecule has 0 aliphatic carbocycles. The lowest BCUT2D eigenvalue weighted by Gasteiger charge is -2.08. The van der Waals surface area contributed by atoms with E-state index in [1.807, 2.05) is 46.4 Å². The Morgan fingerprint density at radius 2 is 1.92 bits per heavy atom. The van der Waals surface area contributed by atoms with Gasteiger partial charge in [-0.15, -0.1) is 11.3 Å². The number of carbonyl (C=O) groups is 1. The lowest BCUT2D eigenvalue weighted by molar-refractivity contribution is -0.118. The van der Waals surface area contributed by atoms with Crippen molar-refractivity contribution in [2.45, 2.75) is 0 Å². The van der Waals surface area contributed by atoms with E-state index >= 15 is 0 Å². The SMILES string of the molecule is O=C(COc1ccc(F)cc1)Nc1ccc(-c2cn3ccsc3n2)cc1. The fraction of sp³-hybridized carbons (Fsp3) is 0.0526. The number of fused-ring (bicyclic) bond motifs is 1. The zero-order chi connectivity index (χ0) is 17.9. The topological polar surface area (TPSA) is 55.6 Å². The highest BCUT2D eigenvalue weighted by Gasteiger charge is 2.07. The summed E-state index contributed by atoms with van der Waals surface area (Å²) < 4.78 is 20.1. The van der Waals surface area contributed by atoms with Gasteiger partial charge in [0.1, 0.15) is 11.6 Å². The van der Waals surface area contributed by atoms with Gasteiger partial charge in [-0.1, -0.05) is 12.1 Å². The largest absolute Gasteiger partial charge is 0.484 e. The maximum Gasteiger partial charge on any atom is 0.262 e. The van der Waals surface area contributed by atoms with Crippen LogP contribution in [-0.4, -0.2) is 21.9 Å². The van der Waals surface area contributed by atoms with E-state index < -0.39 is 0 Å². The lowest BCUT2D eigenvalue weighted by Crippen LogP contribution is -2.20. The second kappa shape index (κ2) is 6.97. The van der Waals surface area contributed by atoms with Crippen LogP contribution >= 0.6 is 11.3 Å². The van der Waals surface area contributed by atoms with Gasteiger partial charge in [0.15, 0.2) is 11.6 Å². The molecule has 0 spiro atoms. The Balaban J connectivity index is 1.36. The van der Waals surface area contributed by atoms with Crippen LogP contribution in [0.15, 0.2) is 66.3 Å². The molecule has 4 aromatic rings. The highest BCUT2D eigenvalue weighted by atomic mass is 32.1. The number of amides is 1. The molecule has 130 valence electrons. The molecule has 1 amide bonds. The Morgan fingerprint density at radius 1 is 1.15 bits per heavy atom. The molecule has 1 N–H and O–H groups in total. The van der Waals surface area contributed by atoms with E-state index in [2.05, 4.69) is 10.3 Å². The third-order valence-electron chi connectivity index (χ3n) is 3.74. The van der Waals surface area contributed by atoms with Crippen molar-refractivity contribution in [2.24, 2.45) is 0 Å². The molecule has 0 saturated carbocycles. The van der Waals surface area contributed by atoms with Gasteiger partial charge in [0, 0.05) is 29.0 Å². The van der Waals surface area contributed by atoms with Crippen molar-refractivity contribution in [2.75, 3.05) is 11.9 Å². The highest BCUT2D eigenvalue weighted by Crippen LogP contribution is 2.23. The van der Waals surface area contributed by atoms with Crippen LogP contribution in [0.3, 0.4) is 0 Å². The normalized spacial score (nSPS) is 10.8. The van der Waals surface area contributed by atoms with Gasteiger partial charge < -0.3 is 10.1 Å². The predicted octanol–water partition coefficient (Wildman–Crippen LogP) is 4.22. The van der Waals surface area contributed by atoms with Gasteiger partial charge in [-0.3, -0.25) is 9.20 Å². The second-order valence-electron chi connectivity index (χ2n) is 5.59. The first-order chi connectivity index (χ1) is 12.7. The molecule has 7 heteroatoms. The standard InChI is InChI=1S/C19H14FN3O2S/c20-14-3-7-16(8-4-14)25-12-18(24)21-15-5-1-13(2-6-15)17-11-23-9-10-26-19(23)22-17/h1-11H,12H2,(H,21,24). The van der Waals surface area contributed by atoms with Crippen LogP contribution in [0.4, 0.5) is 10.1 Å². The number of carbonyl (C=O) groups excluding carboxylic acids is 1.